The van der Waals surface area contributed by atoms with E-state index in [1.807, 2.05) is 41.3 Å². The number of thiazole rings is 1. The maximum atomic E-state index is 12.5. The topological polar surface area (TPSA) is 81.9 Å². The lowest BCUT2D eigenvalue weighted by Gasteiger charge is -2.07. The number of carbonyl (C=O) groups is 1. The number of amides is 1. The highest BCUT2D eigenvalue weighted by atomic mass is 32.2. The molecule has 0 saturated heterocycles. The molecule has 2 aromatic carbocycles. The first-order valence-electron chi connectivity index (χ1n) is 10.4. The van der Waals surface area contributed by atoms with E-state index in [1.165, 1.54) is 39.8 Å². The van der Waals surface area contributed by atoms with Crippen molar-refractivity contribution in [1.82, 2.24) is 19.7 Å². The van der Waals surface area contributed by atoms with Gasteiger partial charge in [-0.3, -0.25) is 4.79 Å². The van der Waals surface area contributed by atoms with Gasteiger partial charge in [0.05, 0.1) is 18.6 Å². The number of nitrogens with zero attached hydrogens (tertiary/aromatic N) is 4. The van der Waals surface area contributed by atoms with E-state index in [4.69, 9.17) is 4.74 Å². The predicted octanol–water partition coefficient (Wildman–Crippen LogP) is 5.27. The average Bonchev–Trinajstić information content (AvgIpc) is 3.41. The first-order chi connectivity index (χ1) is 15.9. The second kappa shape index (κ2) is 9.76. The number of thioether (sulfide) groups is 1. The average molecular weight is 480 g/mol. The fourth-order valence-electron chi connectivity index (χ4n) is 3.41. The van der Waals surface area contributed by atoms with Gasteiger partial charge in [0.15, 0.2) is 16.1 Å². The molecule has 9 heteroatoms. The number of ether oxygens (including phenoxy) is 1. The van der Waals surface area contributed by atoms with Gasteiger partial charge in [-0.2, -0.15) is 0 Å². The van der Waals surface area contributed by atoms with Crippen LogP contribution in [0.15, 0.2) is 46.9 Å². The third-order valence-corrected chi connectivity index (χ3v) is 7.16. The number of hydrogen-bond acceptors (Lipinski definition) is 7. The van der Waals surface area contributed by atoms with Crippen LogP contribution in [0.1, 0.15) is 16.7 Å². The van der Waals surface area contributed by atoms with Crippen molar-refractivity contribution in [2.45, 2.75) is 25.9 Å². The fourth-order valence-corrected chi connectivity index (χ4v) is 4.85. The number of aryl methyl sites for hydroxylation is 3. The van der Waals surface area contributed by atoms with Crippen LogP contribution >= 0.6 is 23.1 Å². The summed E-state index contributed by atoms with van der Waals surface area (Å²) in [4.78, 5) is 17.1. The van der Waals surface area contributed by atoms with Crippen molar-refractivity contribution >= 4 is 34.1 Å². The van der Waals surface area contributed by atoms with Gasteiger partial charge < -0.3 is 14.6 Å². The molecule has 1 N–H and O–H groups in total. The summed E-state index contributed by atoms with van der Waals surface area (Å²) in [6.45, 7) is 6.28. The molecule has 4 rings (SSSR count). The maximum absolute atomic E-state index is 12.5. The number of anilines is 1. The predicted molar refractivity (Wildman–Crippen MR) is 134 cm³/mol. The number of benzene rings is 2. The first-order valence-corrected chi connectivity index (χ1v) is 12.2. The third kappa shape index (κ3) is 5.09. The van der Waals surface area contributed by atoms with Gasteiger partial charge in [-0.05, 0) is 67.8 Å². The summed E-state index contributed by atoms with van der Waals surface area (Å²) in [5.74, 6) is 1.59. The van der Waals surface area contributed by atoms with Crippen molar-refractivity contribution < 1.29 is 9.53 Å². The van der Waals surface area contributed by atoms with Gasteiger partial charge in [-0.25, -0.2) is 4.98 Å². The Balaban J connectivity index is 1.39. The maximum Gasteiger partial charge on any atom is 0.236 e. The van der Waals surface area contributed by atoms with E-state index < -0.39 is 0 Å². The standard InChI is InChI=1S/C24H25N5O2S2/c1-14-10-16(3)19(11-15(14)2)20-12-32-23(25-20)26-21(30)13-33-24-28-27-22(29(24)4)17-6-8-18(31-5)9-7-17/h6-12H,13H2,1-5H3,(H,25,26,30). The lowest BCUT2D eigenvalue weighted by atomic mass is 9.99. The minimum Gasteiger partial charge on any atom is -0.497 e. The summed E-state index contributed by atoms with van der Waals surface area (Å²) in [6.07, 6.45) is 0. The van der Waals surface area contributed by atoms with E-state index in [1.54, 1.807) is 7.11 Å². The van der Waals surface area contributed by atoms with Crippen molar-refractivity contribution in [3.8, 4) is 28.4 Å². The number of rotatable bonds is 7. The van der Waals surface area contributed by atoms with Crippen LogP contribution < -0.4 is 10.1 Å². The molecule has 4 aromatic rings. The van der Waals surface area contributed by atoms with Gasteiger partial charge >= 0.3 is 0 Å². The monoisotopic (exact) mass is 479 g/mol. The van der Waals surface area contributed by atoms with Crippen LogP contribution in [0.2, 0.25) is 0 Å². The van der Waals surface area contributed by atoms with E-state index in [0.29, 0.717) is 10.3 Å². The fraction of sp³-hybridized carbons (Fsp3) is 0.250. The largest absolute Gasteiger partial charge is 0.497 e. The van der Waals surface area contributed by atoms with Gasteiger partial charge in [-0.15, -0.1) is 21.5 Å². The van der Waals surface area contributed by atoms with E-state index >= 15 is 0 Å². The van der Waals surface area contributed by atoms with Crippen LogP contribution in [0.5, 0.6) is 5.75 Å². The zero-order valence-corrected chi connectivity index (χ0v) is 20.8. The second-order valence-corrected chi connectivity index (χ2v) is 9.52. The molecule has 0 aliphatic carbocycles. The van der Waals surface area contributed by atoms with Crippen molar-refractivity contribution in [3.05, 3.63) is 58.5 Å². The Bertz CT molecular complexity index is 1290. The molecule has 2 aromatic heterocycles. The quantitative estimate of drug-likeness (QED) is 0.364. The molecule has 0 unspecified atom stereocenters. The first kappa shape index (κ1) is 23.0. The zero-order valence-electron chi connectivity index (χ0n) is 19.2. The molecule has 0 spiro atoms. The number of aromatic nitrogens is 4. The van der Waals surface area contributed by atoms with Gasteiger partial charge in [0.25, 0.3) is 0 Å². The van der Waals surface area contributed by atoms with Crippen molar-refractivity contribution in [2.75, 3.05) is 18.2 Å². The minimum atomic E-state index is -0.133. The lowest BCUT2D eigenvalue weighted by molar-refractivity contribution is -0.113. The molecular formula is C24H25N5O2S2. The molecule has 0 fully saturated rings. The Kier molecular flexibility index (Phi) is 6.80. The highest BCUT2D eigenvalue weighted by Crippen LogP contribution is 2.30. The highest BCUT2D eigenvalue weighted by molar-refractivity contribution is 7.99. The van der Waals surface area contributed by atoms with Crippen LogP contribution in [0, 0.1) is 20.8 Å². The number of hydrogen-bond donors (Lipinski definition) is 1. The minimum absolute atomic E-state index is 0.133. The molecule has 170 valence electrons. The van der Waals surface area contributed by atoms with E-state index in [2.05, 4.69) is 53.4 Å². The number of methoxy groups -OCH3 is 1. The highest BCUT2D eigenvalue weighted by Gasteiger charge is 2.15. The SMILES string of the molecule is COc1ccc(-c2nnc(SCC(=O)Nc3nc(-c4cc(C)c(C)cc4C)cs3)n2C)cc1. The Morgan fingerprint density at radius 2 is 1.82 bits per heavy atom. The summed E-state index contributed by atoms with van der Waals surface area (Å²) in [7, 11) is 3.52. The van der Waals surface area contributed by atoms with Crippen LogP contribution in [-0.4, -0.2) is 38.5 Å². The molecule has 1 amide bonds. The number of carbonyl (C=O) groups excluding carboxylic acids is 1. The Morgan fingerprint density at radius 3 is 2.55 bits per heavy atom. The van der Waals surface area contributed by atoms with Crippen molar-refractivity contribution in [2.24, 2.45) is 7.05 Å². The Morgan fingerprint density at radius 1 is 1.09 bits per heavy atom. The third-order valence-electron chi connectivity index (χ3n) is 5.38. The lowest BCUT2D eigenvalue weighted by Crippen LogP contribution is -2.14. The van der Waals surface area contributed by atoms with Crippen LogP contribution in [0.3, 0.4) is 0 Å². The molecule has 0 bridgehead atoms. The molecule has 0 radical (unpaired) electrons. The molecule has 0 atom stereocenters. The molecule has 0 aliphatic rings. The summed E-state index contributed by atoms with van der Waals surface area (Å²) < 4.78 is 7.08. The van der Waals surface area contributed by atoms with Crippen LogP contribution in [0.25, 0.3) is 22.6 Å². The summed E-state index contributed by atoms with van der Waals surface area (Å²) in [5.41, 5.74) is 6.56. The number of nitrogens with one attached hydrogen (secondary N) is 1. The van der Waals surface area contributed by atoms with E-state index in [-0.39, 0.29) is 11.7 Å². The summed E-state index contributed by atoms with van der Waals surface area (Å²) in [5, 5.41) is 14.6. The zero-order chi connectivity index (χ0) is 23.5. The van der Waals surface area contributed by atoms with Gasteiger partial charge in [0, 0.05) is 23.6 Å². The molecule has 2 heterocycles. The van der Waals surface area contributed by atoms with Crippen LogP contribution in [-0.2, 0) is 11.8 Å². The molecule has 0 aliphatic heterocycles. The van der Waals surface area contributed by atoms with Gasteiger partial charge in [0.1, 0.15) is 5.75 Å². The summed E-state index contributed by atoms with van der Waals surface area (Å²) in [6, 6.07) is 11.9. The normalized spacial score (nSPS) is 10.9. The van der Waals surface area contributed by atoms with E-state index in [0.717, 1.165) is 28.4 Å². The Labute approximate surface area is 201 Å². The smallest absolute Gasteiger partial charge is 0.236 e. The second-order valence-electron chi connectivity index (χ2n) is 7.72. The molecule has 7 nitrogen and oxygen atoms in total. The van der Waals surface area contributed by atoms with Crippen molar-refractivity contribution in [3.63, 3.8) is 0 Å². The Hall–Kier alpha value is -3.17. The van der Waals surface area contributed by atoms with E-state index in [9.17, 15) is 4.79 Å². The van der Waals surface area contributed by atoms with Gasteiger partial charge in [-0.1, -0.05) is 17.8 Å². The molecule has 0 saturated carbocycles. The molecular weight excluding hydrogens is 454 g/mol. The van der Waals surface area contributed by atoms with Gasteiger partial charge in [0.2, 0.25) is 5.91 Å². The van der Waals surface area contributed by atoms with Crippen molar-refractivity contribution in [1.29, 1.82) is 0 Å². The molecule has 33 heavy (non-hydrogen) atoms. The van der Waals surface area contributed by atoms with Crippen LogP contribution in [0.4, 0.5) is 5.13 Å². The summed E-state index contributed by atoms with van der Waals surface area (Å²) >= 11 is 2.76.